The van der Waals surface area contributed by atoms with E-state index in [0.717, 1.165) is 22.3 Å². The minimum absolute atomic E-state index is 0.0772. The predicted octanol–water partition coefficient (Wildman–Crippen LogP) is 6.12. The molecule has 0 radical (unpaired) electrons. The summed E-state index contributed by atoms with van der Waals surface area (Å²) in [4.78, 5) is 38.0. The Morgan fingerprint density at radius 3 is 1.76 bits per heavy atom. The number of ether oxygens (including phenoxy) is 3. The number of hydrogen-bond donors (Lipinski definition) is 2. The molecule has 0 aliphatic rings. The molecule has 4 rings (SSSR count). The predicted molar refractivity (Wildman–Crippen MR) is 154 cm³/mol. The van der Waals surface area contributed by atoms with E-state index in [1.807, 2.05) is 97.9 Å². The second-order valence-electron chi connectivity index (χ2n) is 9.37. The highest BCUT2D eigenvalue weighted by molar-refractivity contribution is 5.86. The van der Waals surface area contributed by atoms with Gasteiger partial charge in [-0.1, -0.05) is 103 Å². The van der Waals surface area contributed by atoms with Crippen molar-refractivity contribution in [2.45, 2.75) is 38.6 Å². The maximum Gasteiger partial charge on any atom is 0.514 e. The lowest BCUT2D eigenvalue weighted by Gasteiger charge is -2.22. The molecule has 0 heterocycles. The molecular formula is C33H32N2O6. The van der Waals surface area contributed by atoms with Crippen molar-refractivity contribution in [2.24, 2.45) is 0 Å². The first-order chi connectivity index (χ1) is 20.0. The van der Waals surface area contributed by atoms with E-state index in [1.54, 1.807) is 24.3 Å². The Bertz CT molecular complexity index is 1400. The lowest BCUT2D eigenvalue weighted by molar-refractivity contribution is -0.123. The number of benzene rings is 4. The van der Waals surface area contributed by atoms with Crippen LogP contribution in [-0.2, 0) is 33.9 Å². The van der Waals surface area contributed by atoms with Crippen LogP contribution in [0.3, 0.4) is 0 Å². The van der Waals surface area contributed by atoms with Crippen molar-refractivity contribution in [1.29, 1.82) is 0 Å². The van der Waals surface area contributed by atoms with Gasteiger partial charge in [-0.15, -0.1) is 0 Å². The molecule has 4 aromatic carbocycles. The number of carbonyl (C=O) groups is 3. The smallest absolute Gasteiger partial charge is 0.445 e. The summed E-state index contributed by atoms with van der Waals surface area (Å²) in [7, 11) is 0. The number of alkyl carbamates (subject to hydrolysis) is 1. The summed E-state index contributed by atoms with van der Waals surface area (Å²) < 4.78 is 15.8. The average Bonchev–Trinajstić information content (AvgIpc) is 3.01. The third-order valence-corrected chi connectivity index (χ3v) is 6.24. The van der Waals surface area contributed by atoms with Gasteiger partial charge in [0, 0.05) is 6.42 Å². The molecule has 0 saturated carbocycles. The van der Waals surface area contributed by atoms with Crippen molar-refractivity contribution in [3.05, 3.63) is 138 Å². The van der Waals surface area contributed by atoms with Crippen molar-refractivity contribution in [3.63, 3.8) is 0 Å². The van der Waals surface area contributed by atoms with Crippen molar-refractivity contribution >= 4 is 18.2 Å². The minimum atomic E-state index is -0.910. The van der Waals surface area contributed by atoms with Crippen molar-refractivity contribution in [2.75, 3.05) is 0 Å². The summed E-state index contributed by atoms with van der Waals surface area (Å²) in [5.74, 6) is -0.0661. The molecule has 0 aromatic heterocycles. The molecule has 0 bridgehead atoms. The summed E-state index contributed by atoms with van der Waals surface area (Å²) in [5.41, 5.74) is 3.36. The fourth-order valence-electron chi connectivity index (χ4n) is 4.03. The van der Waals surface area contributed by atoms with Crippen LogP contribution in [0.15, 0.2) is 115 Å². The molecular weight excluding hydrogens is 520 g/mol. The Hall–Kier alpha value is -5.11. The van der Waals surface area contributed by atoms with E-state index in [1.165, 1.54) is 0 Å². The molecule has 0 saturated heterocycles. The van der Waals surface area contributed by atoms with Crippen LogP contribution in [0.4, 0.5) is 9.59 Å². The molecule has 0 unspecified atom stereocenters. The van der Waals surface area contributed by atoms with Crippen LogP contribution >= 0.6 is 0 Å². The fourth-order valence-corrected chi connectivity index (χ4v) is 4.03. The number of carbonyl (C=O) groups excluding carboxylic acids is 3. The Morgan fingerprint density at radius 1 is 0.634 bits per heavy atom. The average molecular weight is 553 g/mol. The van der Waals surface area contributed by atoms with Crippen LogP contribution in [-0.4, -0.2) is 24.2 Å². The summed E-state index contributed by atoms with van der Waals surface area (Å²) >= 11 is 0. The van der Waals surface area contributed by atoms with E-state index in [2.05, 4.69) is 10.6 Å². The highest BCUT2D eigenvalue weighted by Crippen LogP contribution is 2.16. The van der Waals surface area contributed by atoms with E-state index in [0.29, 0.717) is 5.75 Å². The van der Waals surface area contributed by atoms with Crippen LogP contribution < -0.4 is 15.4 Å². The Balaban J connectivity index is 1.37. The lowest BCUT2D eigenvalue weighted by Crippen LogP contribution is -2.48. The molecule has 2 amide bonds. The van der Waals surface area contributed by atoms with Gasteiger partial charge in [0.15, 0.2) is 0 Å². The van der Waals surface area contributed by atoms with E-state index in [9.17, 15) is 14.4 Å². The van der Waals surface area contributed by atoms with Gasteiger partial charge >= 0.3 is 12.2 Å². The standard InChI is InChI=1S/C33H32N2O6/c1-24(28-15-9-4-10-16-28)34-31(36)30(35-32(37)39-22-26-11-5-2-6-12-26)21-25-17-19-29(20-18-25)41-33(38)40-23-27-13-7-3-8-14-27/h2-20,24,30H,21-23H2,1H3,(H,34,36)(H,35,37)/t24-,30+/m1/s1. The van der Waals surface area contributed by atoms with Gasteiger partial charge in [-0.2, -0.15) is 0 Å². The summed E-state index contributed by atoms with van der Waals surface area (Å²) in [6.07, 6.45) is -1.34. The molecule has 0 fully saturated rings. The quantitative estimate of drug-likeness (QED) is 0.172. The van der Waals surface area contributed by atoms with Crippen LogP contribution in [0, 0.1) is 0 Å². The zero-order valence-electron chi connectivity index (χ0n) is 22.7. The van der Waals surface area contributed by atoms with E-state index >= 15 is 0 Å². The van der Waals surface area contributed by atoms with Gasteiger partial charge in [0.2, 0.25) is 5.91 Å². The highest BCUT2D eigenvalue weighted by atomic mass is 16.7. The van der Waals surface area contributed by atoms with Crippen molar-refractivity contribution in [3.8, 4) is 5.75 Å². The lowest BCUT2D eigenvalue weighted by atomic mass is 10.0. The van der Waals surface area contributed by atoms with E-state index in [4.69, 9.17) is 14.2 Å². The minimum Gasteiger partial charge on any atom is -0.445 e. The molecule has 8 heteroatoms. The molecule has 4 aromatic rings. The maximum absolute atomic E-state index is 13.3. The largest absolute Gasteiger partial charge is 0.514 e. The molecule has 41 heavy (non-hydrogen) atoms. The van der Waals surface area contributed by atoms with Crippen LogP contribution in [0.5, 0.6) is 5.75 Å². The molecule has 2 atom stereocenters. The molecule has 0 aliphatic carbocycles. The second-order valence-corrected chi connectivity index (χ2v) is 9.37. The van der Waals surface area contributed by atoms with Gasteiger partial charge in [-0.25, -0.2) is 9.59 Å². The number of nitrogens with one attached hydrogen (secondary N) is 2. The van der Waals surface area contributed by atoms with Crippen LogP contribution in [0.25, 0.3) is 0 Å². The zero-order chi connectivity index (χ0) is 28.9. The van der Waals surface area contributed by atoms with E-state index < -0.39 is 18.3 Å². The molecule has 210 valence electrons. The van der Waals surface area contributed by atoms with Crippen molar-refractivity contribution in [1.82, 2.24) is 10.6 Å². The van der Waals surface area contributed by atoms with Crippen LogP contribution in [0.1, 0.15) is 35.2 Å². The maximum atomic E-state index is 13.3. The number of hydrogen-bond acceptors (Lipinski definition) is 6. The zero-order valence-corrected chi connectivity index (χ0v) is 22.7. The topological polar surface area (TPSA) is 103 Å². The first-order valence-electron chi connectivity index (χ1n) is 13.3. The summed E-state index contributed by atoms with van der Waals surface area (Å²) in [6.45, 7) is 2.05. The third kappa shape index (κ3) is 9.54. The normalized spacial score (nSPS) is 11.9. The molecule has 0 spiro atoms. The Labute approximate surface area is 239 Å². The summed E-state index contributed by atoms with van der Waals surface area (Å²) in [6, 6.07) is 33.6. The SMILES string of the molecule is C[C@@H](NC(=O)[C@H](Cc1ccc(OC(=O)OCc2ccccc2)cc1)NC(=O)OCc1ccccc1)c1ccccc1. The van der Waals surface area contributed by atoms with Gasteiger partial charge in [-0.05, 0) is 41.3 Å². The second kappa shape index (κ2) is 14.9. The molecule has 8 nitrogen and oxygen atoms in total. The third-order valence-electron chi connectivity index (χ3n) is 6.24. The van der Waals surface area contributed by atoms with Gasteiger partial charge in [-0.3, -0.25) is 4.79 Å². The highest BCUT2D eigenvalue weighted by Gasteiger charge is 2.24. The fraction of sp³-hybridized carbons (Fsp3) is 0.182. The van der Waals surface area contributed by atoms with Crippen molar-refractivity contribution < 1.29 is 28.6 Å². The Kier molecular flexibility index (Phi) is 10.5. The van der Waals surface area contributed by atoms with Gasteiger partial charge < -0.3 is 24.8 Å². The van der Waals surface area contributed by atoms with Gasteiger partial charge in [0.25, 0.3) is 0 Å². The van der Waals surface area contributed by atoms with Crippen LogP contribution in [0.2, 0.25) is 0 Å². The first kappa shape index (κ1) is 28.9. The summed E-state index contributed by atoms with van der Waals surface area (Å²) in [5, 5.41) is 5.66. The Morgan fingerprint density at radius 2 is 1.17 bits per heavy atom. The molecule has 2 N–H and O–H groups in total. The molecule has 0 aliphatic heterocycles. The monoisotopic (exact) mass is 552 g/mol. The first-order valence-corrected chi connectivity index (χ1v) is 13.3. The van der Waals surface area contributed by atoms with Gasteiger partial charge in [0.1, 0.15) is 25.0 Å². The van der Waals surface area contributed by atoms with E-state index in [-0.39, 0.29) is 31.6 Å². The number of rotatable bonds is 11. The van der Waals surface area contributed by atoms with Gasteiger partial charge in [0.05, 0.1) is 6.04 Å². The number of amides is 2.